The van der Waals surface area contributed by atoms with Crippen LogP contribution in [0, 0.1) is 11.6 Å². The van der Waals surface area contributed by atoms with Crippen molar-refractivity contribution in [1.29, 1.82) is 0 Å². The number of hydrogen-bond donors (Lipinski definition) is 0. The molecule has 0 bridgehead atoms. The van der Waals surface area contributed by atoms with Crippen molar-refractivity contribution in [3.63, 3.8) is 0 Å². The molecule has 0 aromatic heterocycles. The minimum absolute atomic E-state index is 0.149. The Kier molecular flexibility index (Phi) is 3.77. The van der Waals surface area contributed by atoms with E-state index in [2.05, 4.69) is 0 Å². The summed E-state index contributed by atoms with van der Waals surface area (Å²) in [7, 11) is 0. The van der Waals surface area contributed by atoms with Crippen LogP contribution >= 0.6 is 11.6 Å². The lowest BCUT2D eigenvalue weighted by Gasteiger charge is -2.14. The van der Waals surface area contributed by atoms with Crippen molar-refractivity contribution in [2.24, 2.45) is 0 Å². The number of hydrogen-bond acceptors (Lipinski definition) is 1. The summed E-state index contributed by atoms with van der Waals surface area (Å²) in [6.07, 6.45) is 2.83. The Morgan fingerprint density at radius 2 is 2.19 bits per heavy atom. The zero-order valence-corrected chi connectivity index (χ0v) is 9.51. The molecule has 1 aromatic carbocycles. The number of ether oxygens (including phenoxy) is 1. The molecular weight excluding hydrogens is 234 g/mol. The van der Waals surface area contributed by atoms with Crippen LogP contribution in [0.1, 0.15) is 30.2 Å². The SMILES string of the molecule is Fc1ccc(C(Cl)CC2CCCO2)cc1F. The highest BCUT2D eigenvalue weighted by atomic mass is 35.5. The predicted octanol–water partition coefficient (Wildman–Crippen LogP) is 3.81. The van der Waals surface area contributed by atoms with E-state index in [1.165, 1.54) is 6.07 Å². The first-order chi connectivity index (χ1) is 7.66. The molecule has 0 spiro atoms. The topological polar surface area (TPSA) is 9.23 Å². The fourth-order valence-electron chi connectivity index (χ4n) is 1.90. The quantitative estimate of drug-likeness (QED) is 0.737. The van der Waals surface area contributed by atoms with E-state index >= 15 is 0 Å². The van der Waals surface area contributed by atoms with E-state index in [1.807, 2.05) is 0 Å². The zero-order valence-electron chi connectivity index (χ0n) is 8.76. The first-order valence-electron chi connectivity index (χ1n) is 5.37. The van der Waals surface area contributed by atoms with Crippen molar-refractivity contribution in [1.82, 2.24) is 0 Å². The lowest BCUT2D eigenvalue weighted by atomic mass is 10.0. The summed E-state index contributed by atoms with van der Waals surface area (Å²) in [5, 5.41) is -0.321. The highest BCUT2D eigenvalue weighted by Crippen LogP contribution is 2.30. The van der Waals surface area contributed by atoms with Gasteiger partial charge in [0.15, 0.2) is 11.6 Å². The summed E-state index contributed by atoms with van der Waals surface area (Å²) < 4.78 is 31.2. The van der Waals surface area contributed by atoms with Crippen LogP contribution in [-0.4, -0.2) is 12.7 Å². The summed E-state index contributed by atoms with van der Waals surface area (Å²) in [6.45, 7) is 0.770. The van der Waals surface area contributed by atoms with Crippen molar-refractivity contribution in [2.75, 3.05) is 6.61 Å². The van der Waals surface area contributed by atoms with Gasteiger partial charge in [0.25, 0.3) is 0 Å². The molecule has 1 nitrogen and oxygen atoms in total. The van der Waals surface area contributed by atoms with Gasteiger partial charge in [-0.25, -0.2) is 8.78 Å². The molecule has 0 radical (unpaired) electrons. The van der Waals surface area contributed by atoms with Crippen LogP contribution in [-0.2, 0) is 4.74 Å². The fourth-order valence-corrected chi connectivity index (χ4v) is 2.24. The van der Waals surface area contributed by atoms with Crippen molar-refractivity contribution >= 4 is 11.6 Å². The standard InChI is InChI=1S/C12H13ClF2O/c13-10(7-9-2-1-5-16-9)8-3-4-11(14)12(15)6-8/h3-4,6,9-10H,1-2,5,7H2. The summed E-state index contributed by atoms with van der Waals surface area (Å²) in [5.74, 6) is -1.69. The molecule has 1 aromatic rings. The first kappa shape index (κ1) is 11.8. The van der Waals surface area contributed by atoms with Gasteiger partial charge in [0.2, 0.25) is 0 Å². The van der Waals surface area contributed by atoms with Gasteiger partial charge < -0.3 is 4.74 Å². The van der Waals surface area contributed by atoms with Gasteiger partial charge in [-0.1, -0.05) is 6.07 Å². The molecule has 2 rings (SSSR count). The molecule has 0 amide bonds. The van der Waals surface area contributed by atoms with Crippen molar-refractivity contribution in [3.8, 4) is 0 Å². The van der Waals surface area contributed by atoms with E-state index < -0.39 is 11.6 Å². The van der Waals surface area contributed by atoms with E-state index in [1.54, 1.807) is 0 Å². The van der Waals surface area contributed by atoms with Gasteiger partial charge in [0, 0.05) is 6.61 Å². The molecular formula is C12H13ClF2O. The molecule has 1 saturated heterocycles. The van der Waals surface area contributed by atoms with Gasteiger partial charge in [0.05, 0.1) is 11.5 Å². The number of halogens is 3. The third kappa shape index (κ3) is 2.71. The van der Waals surface area contributed by atoms with Crippen LogP contribution in [0.5, 0.6) is 0 Å². The highest BCUT2D eigenvalue weighted by Gasteiger charge is 2.21. The Morgan fingerprint density at radius 3 is 2.81 bits per heavy atom. The van der Waals surface area contributed by atoms with Crippen LogP contribution in [0.2, 0.25) is 0 Å². The molecule has 0 N–H and O–H groups in total. The average Bonchev–Trinajstić information content (AvgIpc) is 2.74. The molecule has 88 valence electrons. The second-order valence-corrected chi connectivity index (χ2v) is 4.54. The van der Waals surface area contributed by atoms with Gasteiger partial charge in [-0.15, -0.1) is 11.6 Å². The van der Waals surface area contributed by atoms with Gasteiger partial charge in [0.1, 0.15) is 0 Å². The fraction of sp³-hybridized carbons (Fsp3) is 0.500. The Balaban J connectivity index is 2.02. The number of rotatable bonds is 3. The van der Waals surface area contributed by atoms with E-state index in [9.17, 15) is 8.78 Å². The van der Waals surface area contributed by atoms with Gasteiger partial charge in [-0.3, -0.25) is 0 Å². The Hall–Kier alpha value is -0.670. The average molecular weight is 247 g/mol. The Morgan fingerprint density at radius 1 is 1.38 bits per heavy atom. The minimum atomic E-state index is -0.851. The van der Waals surface area contributed by atoms with Gasteiger partial charge in [-0.2, -0.15) is 0 Å². The second-order valence-electron chi connectivity index (χ2n) is 4.01. The molecule has 2 atom stereocenters. The van der Waals surface area contributed by atoms with Crippen LogP contribution < -0.4 is 0 Å². The molecule has 1 fully saturated rings. The lowest BCUT2D eigenvalue weighted by Crippen LogP contribution is -2.08. The zero-order chi connectivity index (χ0) is 11.5. The Bertz CT molecular complexity index is 364. The largest absolute Gasteiger partial charge is 0.378 e. The smallest absolute Gasteiger partial charge is 0.159 e. The molecule has 1 aliphatic heterocycles. The predicted molar refractivity (Wildman–Crippen MR) is 58.5 cm³/mol. The monoisotopic (exact) mass is 246 g/mol. The number of benzene rings is 1. The summed E-state index contributed by atoms with van der Waals surface area (Å²) in [6, 6.07) is 3.78. The second kappa shape index (κ2) is 5.11. The van der Waals surface area contributed by atoms with E-state index in [0.717, 1.165) is 31.6 Å². The summed E-state index contributed by atoms with van der Waals surface area (Å²) in [4.78, 5) is 0. The highest BCUT2D eigenvalue weighted by molar-refractivity contribution is 6.20. The molecule has 16 heavy (non-hydrogen) atoms. The third-order valence-electron chi connectivity index (χ3n) is 2.80. The molecule has 0 saturated carbocycles. The summed E-state index contributed by atoms with van der Waals surface area (Å²) in [5.41, 5.74) is 0.607. The normalized spacial score (nSPS) is 22.3. The summed E-state index contributed by atoms with van der Waals surface area (Å²) >= 11 is 6.14. The van der Waals surface area contributed by atoms with Crippen LogP contribution in [0.25, 0.3) is 0 Å². The third-order valence-corrected chi connectivity index (χ3v) is 3.23. The van der Waals surface area contributed by atoms with E-state index in [4.69, 9.17) is 16.3 Å². The number of alkyl halides is 1. The molecule has 0 aliphatic carbocycles. The molecule has 1 aliphatic rings. The maximum absolute atomic E-state index is 13.0. The van der Waals surface area contributed by atoms with E-state index in [0.29, 0.717) is 12.0 Å². The first-order valence-corrected chi connectivity index (χ1v) is 5.81. The Labute approximate surface area is 98.4 Å². The van der Waals surface area contributed by atoms with Crippen molar-refractivity contribution < 1.29 is 13.5 Å². The van der Waals surface area contributed by atoms with E-state index in [-0.39, 0.29) is 11.5 Å². The van der Waals surface area contributed by atoms with Crippen LogP contribution in [0.15, 0.2) is 18.2 Å². The van der Waals surface area contributed by atoms with Gasteiger partial charge in [-0.05, 0) is 37.0 Å². The molecule has 4 heteroatoms. The van der Waals surface area contributed by atoms with Crippen LogP contribution in [0.3, 0.4) is 0 Å². The maximum atomic E-state index is 13.0. The minimum Gasteiger partial charge on any atom is -0.378 e. The van der Waals surface area contributed by atoms with Crippen LogP contribution in [0.4, 0.5) is 8.78 Å². The maximum Gasteiger partial charge on any atom is 0.159 e. The molecule has 1 heterocycles. The van der Waals surface area contributed by atoms with Crippen molar-refractivity contribution in [3.05, 3.63) is 35.4 Å². The molecule has 2 unspecified atom stereocenters. The van der Waals surface area contributed by atoms with Crippen molar-refractivity contribution in [2.45, 2.75) is 30.7 Å². The lowest BCUT2D eigenvalue weighted by molar-refractivity contribution is 0.103. The van der Waals surface area contributed by atoms with Gasteiger partial charge >= 0.3 is 0 Å².